The Hall–Kier alpha value is -3.62. The molecule has 1 aliphatic rings. The molecule has 1 N–H and O–H groups in total. The summed E-state index contributed by atoms with van der Waals surface area (Å²) in [6, 6.07) is 5.23. The molecule has 0 radical (unpaired) electrons. The SMILES string of the molecule is Cc1[nH]nc2ncc3c(c12)C(=O)N(c1ccc([N+](=O)[O-])cc1)C3=O. The van der Waals surface area contributed by atoms with E-state index in [1.807, 2.05) is 0 Å². The molecule has 118 valence electrons. The molecule has 4 rings (SSSR count). The second kappa shape index (κ2) is 4.69. The largest absolute Gasteiger partial charge is 0.280 e. The van der Waals surface area contributed by atoms with Crippen LogP contribution in [-0.2, 0) is 0 Å². The molecule has 2 aromatic heterocycles. The van der Waals surface area contributed by atoms with Crippen LogP contribution >= 0.6 is 0 Å². The fraction of sp³-hybridized carbons (Fsp3) is 0.0667. The molecular formula is C15H9N5O4. The van der Waals surface area contributed by atoms with Gasteiger partial charge >= 0.3 is 0 Å². The minimum absolute atomic E-state index is 0.120. The third kappa shape index (κ3) is 1.75. The van der Waals surface area contributed by atoms with Crippen LogP contribution in [0.2, 0.25) is 0 Å². The van der Waals surface area contributed by atoms with E-state index in [1.54, 1.807) is 6.92 Å². The molecule has 1 aromatic carbocycles. The van der Waals surface area contributed by atoms with E-state index in [1.165, 1.54) is 30.5 Å². The minimum Gasteiger partial charge on any atom is -0.280 e. The Morgan fingerprint density at radius 2 is 1.88 bits per heavy atom. The highest BCUT2D eigenvalue weighted by Gasteiger charge is 2.39. The first-order chi connectivity index (χ1) is 11.5. The highest BCUT2D eigenvalue weighted by atomic mass is 16.6. The minimum atomic E-state index is -0.547. The number of aromatic amines is 1. The molecular weight excluding hydrogens is 314 g/mol. The predicted molar refractivity (Wildman–Crippen MR) is 82.9 cm³/mol. The van der Waals surface area contributed by atoms with Gasteiger partial charge in [-0.15, -0.1) is 0 Å². The zero-order valence-electron chi connectivity index (χ0n) is 12.3. The Bertz CT molecular complexity index is 1040. The number of pyridine rings is 1. The number of hydrogen-bond acceptors (Lipinski definition) is 6. The molecule has 0 bridgehead atoms. The van der Waals surface area contributed by atoms with Gasteiger partial charge in [0.2, 0.25) is 0 Å². The van der Waals surface area contributed by atoms with Gasteiger partial charge in [-0.3, -0.25) is 24.8 Å². The molecule has 24 heavy (non-hydrogen) atoms. The van der Waals surface area contributed by atoms with Crippen LogP contribution in [0.25, 0.3) is 11.0 Å². The monoisotopic (exact) mass is 323 g/mol. The van der Waals surface area contributed by atoms with Crippen LogP contribution in [0.5, 0.6) is 0 Å². The summed E-state index contributed by atoms with van der Waals surface area (Å²) in [4.78, 5) is 40.7. The summed E-state index contributed by atoms with van der Waals surface area (Å²) in [5.74, 6) is -1.01. The number of benzene rings is 1. The predicted octanol–water partition coefficient (Wildman–Crippen LogP) is 1.98. The van der Waals surface area contributed by atoms with Crippen molar-refractivity contribution < 1.29 is 14.5 Å². The van der Waals surface area contributed by atoms with Crippen LogP contribution in [0.15, 0.2) is 30.5 Å². The van der Waals surface area contributed by atoms with Gasteiger partial charge in [0.1, 0.15) is 0 Å². The summed E-state index contributed by atoms with van der Waals surface area (Å²) in [5.41, 5.74) is 1.58. The molecule has 0 saturated carbocycles. The van der Waals surface area contributed by atoms with Crippen molar-refractivity contribution in [3.05, 3.63) is 57.4 Å². The Balaban J connectivity index is 1.86. The molecule has 0 fully saturated rings. The van der Waals surface area contributed by atoms with Crippen molar-refractivity contribution in [3.8, 4) is 0 Å². The topological polar surface area (TPSA) is 122 Å². The van der Waals surface area contributed by atoms with Crippen molar-refractivity contribution in [2.24, 2.45) is 0 Å². The van der Waals surface area contributed by atoms with Crippen molar-refractivity contribution in [3.63, 3.8) is 0 Å². The van der Waals surface area contributed by atoms with Crippen molar-refractivity contribution in [1.82, 2.24) is 15.2 Å². The number of amides is 2. The van der Waals surface area contributed by atoms with Crippen LogP contribution < -0.4 is 4.90 Å². The van der Waals surface area contributed by atoms with Gasteiger partial charge in [0.05, 0.1) is 27.1 Å². The van der Waals surface area contributed by atoms with Crippen molar-refractivity contribution >= 4 is 34.2 Å². The van der Waals surface area contributed by atoms with Crippen LogP contribution in [0, 0.1) is 17.0 Å². The number of non-ortho nitro benzene ring substituents is 1. The van der Waals surface area contributed by atoms with Crippen molar-refractivity contribution in [1.29, 1.82) is 0 Å². The van der Waals surface area contributed by atoms with E-state index in [4.69, 9.17) is 0 Å². The van der Waals surface area contributed by atoms with E-state index in [-0.39, 0.29) is 22.5 Å². The molecule has 0 aliphatic carbocycles. The molecule has 9 nitrogen and oxygen atoms in total. The third-order valence-electron chi connectivity index (χ3n) is 3.93. The number of carbonyl (C=O) groups is 2. The van der Waals surface area contributed by atoms with E-state index in [9.17, 15) is 19.7 Å². The maximum Gasteiger partial charge on any atom is 0.269 e. The van der Waals surface area contributed by atoms with Crippen molar-refractivity contribution in [2.45, 2.75) is 6.92 Å². The zero-order valence-corrected chi connectivity index (χ0v) is 12.3. The maximum atomic E-state index is 12.8. The van der Waals surface area contributed by atoms with Gasteiger partial charge in [-0.1, -0.05) is 0 Å². The van der Waals surface area contributed by atoms with Gasteiger partial charge < -0.3 is 0 Å². The summed E-state index contributed by atoms with van der Waals surface area (Å²) >= 11 is 0. The molecule has 2 amide bonds. The molecule has 9 heteroatoms. The summed E-state index contributed by atoms with van der Waals surface area (Å²) in [6.07, 6.45) is 1.32. The summed E-state index contributed by atoms with van der Waals surface area (Å²) in [7, 11) is 0. The number of anilines is 1. The lowest BCUT2D eigenvalue weighted by atomic mass is 10.1. The number of nitro benzene ring substituents is 1. The standard InChI is InChI=1S/C15H9N5O4/c1-7-11-12-10(6-16-13(11)18-17-7)14(21)19(15(12)22)8-2-4-9(5-3-8)20(23)24/h2-6H,1H3,(H,16,17,18). The average molecular weight is 323 g/mol. The van der Waals surface area contributed by atoms with Crippen molar-refractivity contribution in [2.75, 3.05) is 4.90 Å². The maximum absolute atomic E-state index is 12.8. The number of hydrogen-bond donors (Lipinski definition) is 1. The van der Waals surface area contributed by atoms with Crippen LogP contribution in [0.4, 0.5) is 11.4 Å². The van der Waals surface area contributed by atoms with Crippen LogP contribution in [0.3, 0.4) is 0 Å². The number of nitro groups is 1. The van der Waals surface area contributed by atoms with Gasteiger partial charge in [0.15, 0.2) is 5.65 Å². The summed E-state index contributed by atoms with van der Waals surface area (Å²) in [5, 5.41) is 18.0. The normalized spacial score (nSPS) is 13.6. The second-order valence-corrected chi connectivity index (χ2v) is 5.31. The van der Waals surface area contributed by atoms with E-state index < -0.39 is 16.7 Å². The number of carbonyl (C=O) groups excluding carboxylic acids is 2. The lowest BCUT2D eigenvalue weighted by Gasteiger charge is -2.13. The number of nitrogens with one attached hydrogen (secondary N) is 1. The number of aromatic nitrogens is 3. The highest BCUT2D eigenvalue weighted by Crippen LogP contribution is 2.33. The third-order valence-corrected chi connectivity index (χ3v) is 3.93. The Labute approximate surface area is 134 Å². The van der Waals surface area contributed by atoms with Crippen LogP contribution in [-0.4, -0.2) is 31.9 Å². The fourth-order valence-corrected chi connectivity index (χ4v) is 2.80. The van der Waals surface area contributed by atoms with E-state index in [0.717, 1.165) is 4.90 Å². The number of imide groups is 1. The van der Waals surface area contributed by atoms with Gasteiger partial charge in [0.25, 0.3) is 17.5 Å². The molecule has 1 aliphatic heterocycles. The van der Waals surface area contributed by atoms with E-state index >= 15 is 0 Å². The summed E-state index contributed by atoms with van der Waals surface area (Å²) < 4.78 is 0. The molecule has 3 aromatic rings. The number of aryl methyl sites for hydroxylation is 1. The van der Waals surface area contributed by atoms with Gasteiger partial charge in [-0.25, -0.2) is 9.88 Å². The molecule has 0 saturated heterocycles. The lowest BCUT2D eigenvalue weighted by Crippen LogP contribution is -2.29. The van der Waals surface area contributed by atoms with Crippen LogP contribution in [0.1, 0.15) is 26.4 Å². The fourth-order valence-electron chi connectivity index (χ4n) is 2.80. The average Bonchev–Trinajstić information content (AvgIpc) is 3.06. The smallest absolute Gasteiger partial charge is 0.269 e. The second-order valence-electron chi connectivity index (χ2n) is 5.31. The van der Waals surface area contributed by atoms with Gasteiger partial charge in [0, 0.05) is 24.0 Å². The molecule has 0 unspecified atom stereocenters. The van der Waals surface area contributed by atoms with Gasteiger partial charge in [-0.2, -0.15) is 5.10 Å². The number of fused-ring (bicyclic) bond motifs is 3. The first-order valence-corrected chi connectivity index (χ1v) is 6.96. The lowest BCUT2D eigenvalue weighted by molar-refractivity contribution is -0.384. The quantitative estimate of drug-likeness (QED) is 0.437. The Morgan fingerprint density at radius 1 is 1.17 bits per heavy atom. The summed E-state index contributed by atoms with van der Waals surface area (Å²) in [6.45, 7) is 1.74. The Morgan fingerprint density at radius 3 is 2.54 bits per heavy atom. The number of nitrogens with zero attached hydrogens (tertiary/aromatic N) is 4. The number of H-pyrrole nitrogens is 1. The number of rotatable bonds is 2. The Kier molecular flexibility index (Phi) is 2.73. The highest BCUT2D eigenvalue weighted by molar-refractivity contribution is 6.37. The molecule has 3 heterocycles. The first kappa shape index (κ1) is 14.0. The zero-order chi connectivity index (χ0) is 17.0. The molecule has 0 atom stereocenters. The first-order valence-electron chi connectivity index (χ1n) is 6.96. The van der Waals surface area contributed by atoms with Gasteiger partial charge in [-0.05, 0) is 19.1 Å². The molecule has 0 spiro atoms. The van der Waals surface area contributed by atoms with E-state index in [2.05, 4.69) is 15.2 Å². The van der Waals surface area contributed by atoms with E-state index in [0.29, 0.717) is 16.7 Å².